The minimum Gasteiger partial charge on any atom is -0.444 e. The maximum Gasteiger partial charge on any atom is 0.407 e. The molecule has 7 nitrogen and oxygen atoms in total. The van der Waals surface area contributed by atoms with Crippen molar-refractivity contribution in [2.24, 2.45) is 7.05 Å². The number of nitrogen functional groups attached to an aromatic ring is 1. The van der Waals surface area contributed by atoms with E-state index >= 15 is 0 Å². The van der Waals surface area contributed by atoms with Gasteiger partial charge in [0.1, 0.15) is 17.6 Å². The molecule has 2 rings (SSSR count). The van der Waals surface area contributed by atoms with Crippen LogP contribution in [0, 0.1) is 0 Å². The van der Waals surface area contributed by atoms with Crippen molar-refractivity contribution in [3.05, 3.63) is 6.20 Å². The molecule has 1 aromatic heterocycles. The minimum absolute atomic E-state index is 0.311. The van der Waals surface area contributed by atoms with Gasteiger partial charge in [-0.05, 0) is 33.6 Å². The number of nitrogens with zero attached hydrogens (tertiary/aromatic N) is 3. The number of anilines is 2. The second-order valence-electron chi connectivity index (χ2n) is 6.88. The van der Waals surface area contributed by atoms with Gasteiger partial charge < -0.3 is 20.7 Å². The van der Waals surface area contributed by atoms with Crippen molar-refractivity contribution in [3.8, 4) is 0 Å². The molecule has 1 amide bonds. The van der Waals surface area contributed by atoms with Crippen LogP contribution in [-0.2, 0) is 11.8 Å². The van der Waals surface area contributed by atoms with E-state index in [1.54, 1.807) is 38.7 Å². The molecular formula is C15H26FN5O2. The van der Waals surface area contributed by atoms with Gasteiger partial charge >= 0.3 is 6.09 Å². The Kier molecular flexibility index (Phi) is 5.01. The first-order valence-electron chi connectivity index (χ1n) is 7.83. The molecule has 2 atom stereocenters. The Morgan fingerprint density at radius 2 is 2.09 bits per heavy atom. The molecule has 0 aromatic carbocycles. The number of aryl methyl sites for hydroxylation is 1. The van der Waals surface area contributed by atoms with E-state index < -0.39 is 23.9 Å². The summed E-state index contributed by atoms with van der Waals surface area (Å²) in [5.74, 6) is 0.787. The maximum atomic E-state index is 14.4. The molecule has 0 aliphatic carbocycles. The lowest BCUT2D eigenvalue weighted by atomic mass is 10.1. The fourth-order valence-electron chi connectivity index (χ4n) is 2.74. The summed E-state index contributed by atoms with van der Waals surface area (Å²) >= 11 is 0. The van der Waals surface area contributed by atoms with E-state index in [4.69, 9.17) is 10.5 Å². The molecule has 0 spiro atoms. The van der Waals surface area contributed by atoms with Gasteiger partial charge in [-0.3, -0.25) is 4.68 Å². The van der Waals surface area contributed by atoms with Gasteiger partial charge in [-0.2, -0.15) is 5.10 Å². The van der Waals surface area contributed by atoms with Crippen LogP contribution in [0.25, 0.3) is 0 Å². The molecule has 8 heteroatoms. The van der Waals surface area contributed by atoms with Crippen molar-refractivity contribution in [1.82, 2.24) is 15.1 Å². The minimum atomic E-state index is -1.12. The van der Waals surface area contributed by atoms with Crippen LogP contribution in [-0.4, -0.2) is 46.8 Å². The molecule has 0 radical (unpaired) electrons. The SMILES string of the molecule is Cn1ncc(N)c1N1CC[C@H](F)[C@H](NC(=O)OC(C)(C)C)CC1. The highest BCUT2D eigenvalue weighted by atomic mass is 19.1. The summed E-state index contributed by atoms with van der Waals surface area (Å²) < 4.78 is 21.3. The number of nitrogens with two attached hydrogens (primary N) is 1. The first kappa shape index (κ1) is 17.4. The van der Waals surface area contributed by atoms with Gasteiger partial charge in [-0.15, -0.1) is 0 Å². The molecule has 0 unspecified atom stereocenters. The topological polar surface area (TPSA) is 85.4 Å². The number of aromatic nitrogens is 2. The second-order valence-corrected chi connectivity index (χ2v) is 6.88. The number of halogens is 1. The Labute approximate surface area is 136 Å². The number of hydrogen-bond acceptors (Lipinski definition) is 5. The van der Waals surface area contributed by atoms with Gasteiger partial charge in [-0.1, -0.05) is 0 Å². The zero-order valence-corrected chi connectivity index (χ0v) is 14.2. The van der Waals surface area contributed by atoms with Gasteiger partial charge in [0.2, 0.25) is 0 Å². The van der Waals surface area contributed by atoms with Crippen molar-refractivity contribution in [2.45, 2.75) is 51.4 Å². The average Bonchev–Trinajstić information content (AvgIpc) is 2.64. The summed E-state index contributed by atoms with van der Waals surface area (Å²) in [6, 6.07) is -0.565. The summed E-state index contributed by atoms with van der Waals surface area (Å²) in [6.45, 7) is 6.45. The third kappa shape index (κ3) is 4.49. The summed E-state index contributed by atoms with van der Waals surface area (Å²) in [6.07, 6.45) is 0.667. The second kappa shape index (κ2) is 6.64. The van der Waals surface area contributed by atoms with Crippen LogP contribution in [0.3, 0.4) is 0 Å². The number of hydrogen-bond donors (Lipinski definition) is 2. The molecule has 130 valence electrons. The number of nitrogens with one attached hydrogen (secondary N) is 1. The Bertz CT molecular complexity index is 535. The van der Waals surface area contributed by atoms with Gasteiger partial charge in [0.05, 0.1) is 17.9 Å². The number of rotatable bonds is 2. The van der Waals surface area contributed by atoms with Crippen LogP contribution >= 0.6 is 0 Å². The van der Waals surface area contributed by atoms with Crippen molar-refractivity contribution in [2.75, 3.05) is 23.7 Å². The molecule has 23 heavy (non-hydrogen) atoms. The monoisotopic (exact) mass is 327 g/mol. The molecule has 0 bridgehead atoms. The third-order valence-corrected chi connectivity index (χ3v) is 3.76. The fraction of sp³-hybridized carbons (Fsp3) is 0.733. The first-order chi connectivity index (χ1) is 10.7. The number of alkyl halides is 1. The predicted octanol–water partition coefficient (Wildman–Crippen LogP) is 1.83. The first-order valence-corrected chi connectivity index (χ1v) is 7.83. The number of amides is 1. The quantitative estimate of drug-likeness (QED) is 0.865. The van der Waals surface area contributed by atoms with Crippen molar-refractivity contribution >= 4 is 17.6 Å². The van der Waals surface area contributed by atoms with Crippen molar-refractivity contribution < 1.29 is 13.9 Å². The lowest BCUT2D eigenvalue weighted by Gasteiger charge is -2.24. The molecule has 3 N–H and O–H groups in total. The molecule has 2 heterocycles. The summed E-state index contributed by atoms with van der Waals surface area (Å²) in [5.41, 5.74) is 5.90. The van der Waals surface area contributed by atoms with E-state index in [0.29, 0.717) is 31.6 Å². The lowest BCUT2D eigenvalue weighted by molar-refractivity contribution is 0.0472. The number of ether oxygens (including phenoxy) is 1. The molecule has 1 aliphatic rings. The molecule has 1 fully saturated rings. The highest BCUT2D eigenvalue weighted by Gasteiger charge is 2.30. The third-order valence-electron chi connectivity index (χ3n) is 3.76. The van der Waals surface area contributed by atoms with E-state index in [-0.39, 0.29) is 0 Å². The van der Waals surface area contributed by atoms with Crippen LogP contribution in [0.5, 0.6) is 0 Å². The summed E-state index contributed by atoms with van der Waals surface area (Å²) in [4.78, 5) is 13.9. The zero-order chi connectivity index (χ0) is 17.2. The van der Waals surface area contributed by atoms with E-state index in [1.165, 1.54) is 0 Å². The number of alkyl carbamates (subject to hydrolysis) is 1. The normalized spacial score (nSPS) is 22.6. The van der Waals surface area contributed by atoms with Gasteiger partial charge in [0.25, 0.3) is 0 Å². The molecular weight excluding hydrogens is 301 g/mol. The van der Waals surface area contributed by atoms with Crippen molar-refractivity contribution in [1.29, 1.82) is 0 Å². The van der Waals surface area contributed by atoms with E-state index in [0.717, 1.165) is 5.82 Å². The van der Waals surface area contributed by atoms with Crippen molar-refractivity contribution in [3.63, 3.8) is 0 Å². The summed E-state index contributed by atoms with van der Waals surface area (Å²) in [5, 5.41) is 6.76. The molecule has 1 aromatic rings. The largest absolute Gasteiger partial charge is 0.444 e. The fourth-order valence-corrected chi connectivity index (χ4v) is 2.74. The van der Waals surface area contributed by atoms with E-state index in [1.807, 2.05) is 4.90 Å². The molecule has 1 saturated heterocycles. The Morgan fingerprint density at radius 1 is 1.43 bits per heavy atom. The van der Waals surface area contributed by atoms with Gasteiger partial charge in [0.15, 0.2) is 0 Å². The van der Waals surface area contributed by atoms with Crippen LogP contribution in [0.2, 0.25) is 0 Å². The molecule has 1 aliphatic heterocycles. The maximum absolute atomic E-state index is 14.4. The zero-order valence-electron chi connectivity index (χ0n) is 14.2. The summed E-state index contributed by atoms with van der Waals surface area (Å²) in [7, 11) is 1.81. The highest BCUT2D eigenvalue weighted by molar-refractivity contribution is 5.68. The smallest absolute Gasteiger partial charge is 0.407 e. The predicted molar refractivity (Wildman–Crippen MR) is 87.1 cm³/mol. The van der Waals surface area contributed by atoms with Gasteiger partial charge in [0, 0.05) is 20.1 Å². The Balaban J connectivity index is 2.00. The van der Waals surface area contributed by atoms with Crippen LogP contribution < -0.4 is 16.0 Å². The van der Waals surface area contributed by atoms with Crippen LogP contribution in [0.1, 0.15) is 33.6 Å². The Morgan fingerprint density at radius 3 is 2.65 bits per heavy atom. The average molecular weight is 327 g/mol. The standard InChI is InChI=1S/C15H26FN5O2/c1-15(2,3)23-14(22)19-12-6-8-21(7-5-10(12)16)13-11(17)9-18-20(13)4/h9-10,12H,5-8,17H2,1-4H3,(H,19,22)/t10-,12+/m0/s1. The Hall–Kier alpha value is -1.99. The highest BCUT2D eigenvalue weighted by Crippen LogP contribution is 2.26. The number of carbonyl (C=O) groups is 1. The van der Waals surface area contributed by atoms with Crippen LogP contribution in [0.4, 0.5) is 20.7 Å². The van der Waals surface area contributed by atoms with E-state index in [9.17, 15) is 9.18 Å². The molecule has 0 saturated carbocycles. The number of carbonyl (C=O) groups excluding carboxylic acids is 1. The van der Waals surface area contributed by atoms with E-state index in [2.05, 4.69) is 10.4 Å². The van der Waals surface area contributed by atoms with Gasteiger partial charge in [-0.25, -0.2) is 9.18 Å². The van der Waals surface area contributed by atoms with Crippen LogP contribution in [0.15, 0.2) is 6.20 Å². The lowest BCUT2D eigenvalue weighted by Crippen LogP contribution is -2.44.